The maximum absolute atomic E-state index is 11.0. The Hall–Kier alpha value is -0.920. The summed E-state index contributed by atoms with van der Waals surface area (Å²) in [6, 6.07) is 0. The molecule has 2 nitrogen and oxygen atoms in total. The highest BCUT2D eigenvalue weighted by atomic mass is 16.1. The van der Waals surface area contributed by atoms with Crippen molar-refractivity contribution in [2.75, 3.05) is 0 Å². The van der Waals surface area contributed by atoms with E-state index in [1.54, 1.807) is 0 Å². The fourth-order valence-electron chi connectivity index (χ4n) is 1.28. The zero-order valence-corrected chi connectivity index (χ0v) is 7.21. The monoisotopic (exact) mass is 166 g/mol. The quantitative estimate of drug-likeness (QED) is 0.516. The van der Waals surface area contributed by atoms with E-state index in [1.165, 1.54) is 0 Å². The minimum atomic E-state index is 0.292. The van der Waals surface area contributed by atoms with Gasteiger partial charge in [0.05, 0.1) is 0 Å². The van der Waals surface area contributed by atoms with Crippen LogP contribution in [0.3, 0.4) is 0 Å². The molecule has 0 aliphatic heterocycles. The molecule has 0 aromatic rings. The van der Waals surface area contributed by atoms with Gasteiger partial charge >= 0.3 is 0 Å². The van der Waals surface area contributed by atoms with Crippen LogP contribution >= 0.6 is 0 Å². The van der Waals surface area contributed by atoms with Gasteiger partial charge in [0, 0.05) is 25.7 Å². The third-order valence-electron chi connectivity index (χ3n) is 2.02. The standard InChI is InChI=1S/C10H14O2/c11-9-5-1-2-6-10(12)8-4-3-7-9/h1-2H,3-8H2/b2-1-. The number of ketones is 2. The summed E-state index contributed by atoms with van der Waals surface area (Å²) in [5, 5.41) is 0. The van der Waals surface area contributed by atoms with E-state index in [9.17, 15) is 9.59 Å². The molecule has 0 saturated heterocycles. The molecule has 0 aromatic heterocycles. The van der Waals surface area contributed by atoms with Crippen molar-refractivity contribution in [3.05, 3.63) is 12.2 Å². The van der Waals surface area contributed by atoms with Crippen molar-refractivity contribution in [3.63, 3.8) is 0 Å². The molecule has 1 aliphatic carbocycles. The largest absolute Gasteiger partial charge is 0.299 e. The van der Waals surface area contributed by atoms with Gasteiger partial charge in [-0.05, 0) is 12.8 Å². The third-order valence-corrected chi connectivity index (χ3v) is 2.02. The maximum atomic E-state index is 11.0. The molecule has 12 heavy (non-hydrogen) atoms. The zero-order valence-electron chi connectivity index (χ0n) is 7.21. The molecule has 0 N–H and O–H groups in total. The van der Waals surface area contributed by atoms with Crippen molar-refractivity contribution in [2.45, 2.75) is 38.5 Å². The zero-order chi connectivity index (χ0) is 8.81. The summed E-state index contributed by atoms with van der Waals surface area (Å²) in [5.41, 5.74) is 0. The minimum Gasteiger partial charge on any atom is -0.299 e. The SMILES string of the molecule is O=C1C/C=C\CC(=O)CCCC1. The van der Waals surface area contributed by atoms with Crippen molar-refractivity contribution < 1.29 is 9.59 Å². The molecule has 1 aliphatic rings. The molecule has 0 aromatic carbocycles. The van der Waals surface area contributed by atoms with Crippen LogP contribution in [-0.2, 0) is 9.59 Å². The third kappa shape index (κ3) is 3.46. The van der Waals surface area contributed by atoms with E-state index in [-0.39, 0.29) is 0 Å². The summed E-state index contributed by atoms with van der Waals surface area (Å²) < 4.78 is 0. The van der Waals surface area contributed by atoms with Gasteiger partial charge in [-0.3, -0.25) is 9.59 Å². The van der Waals surface area contributed by atoms with Gasteiger partial charge in [-0.15, -0.1) is 0 Å². The normalized spacial score (nSPS) is 23.7. The Balaban J connectivity index is 2.44. The maximum Gasteiger partial charge on any atom is 0.136 e. The van der Waals surface area contributed by atoms with E-state index in [2.05, 4.69) is 0 Å². The Morgan fingerprint density at radius 3 is 1.67 bits per heavy atom. The van der Waals surface area contributed by atoms with Crippen LogP contribution in [0.4, 0.5) is 0 Å². The number of allylic oxidation sites excluding steroid dienone is 2. The van der Waals surface area contributed by atoms with E-state index in [0.717, 1.165) is 12.8 Å². The van der Waals surface area contributed by atoms with Crippen molar-refractivity contribution in [3.8, 4) is 0 Å². The number of Topliss-reactive ketones (excluding diaryl/α,β-unsaturated/α-hetero) is 2. The average Bonchev–Trinajstić information content (AvgIpc) is 2.06. The summed E-state index contributed by atoms with van der Waals surface area (Å²) in [7, 11) is 0. The first-order valence-corrected chi connectivity index (χ1v) is 4.47. The smallest absolute Gasteiger partial charge is 0.136 e. The minimum absolute atomic E-state index is 0.292. The Kier molecular flexibility index (Phi) is 3.71. The van der Waals surface area contributed by atoms with Crippen LogP contribution in [0.1, 0.15) is 38.5 Å². The first-order valence-electron chi connectivity index (χ1n) is 4.47. The first-order chi connectivity index (χ1) is 5.79. The molecule has 0 bridgehead atoms. The lowest BCUT2D eigenvalue weighted by Gasteiger charge is -2.01. The number of carbonyl (C=O) groups excluding carboxylic acids is 2. The van der Waals surface area contributed by atoms with Gasteiger partial charge in [0.2, 0.25) is 0 Å². The van der Waals surface area contributed by atoms with Crippen LogP contribution in [0.15, 0.2) is 12.2 Å². The molecule has 1 rings (SSSR count). The summed E-state index contributed by atoms with van der Waals surface area (Å²) in [6.45, 7) is 0. The number of hydrogen-bond donors (Lipinski definition) is 0. The molecule has 0 fully saturated rings. The fourth-order valence-corrected chi connectivity index (χ4v) is 1.28. The van der Waals surface area contributed by atoms with Crippen LogP contribution in [0.2, 0.25) is 0 Å². The highest BCUT2D eigenvalue weighted by Gasteiger charge is 2.04. The van der Waals surface area contributed by atoms with Crippen molar-refractivity contribution in [2.24, 2.45) is 0 Å². The van der Waals surface area contributed by atoms with Crippen molar-refractivity contribution >= 4 is 11.6 Å². The van der Waals surface area contributed by atoms with Crippen LogP contribution in [-0.4, -0.2) is 11.6 Å². The Morgan fingerprint density at radius 1 is 0.833 bits per heavy atom. The Morgan fingerprint density at radius 2 is 1.25 bits per heavy atom. The summed E-state index contributed by atoms with van der Waals surface area (Å²) in [6.07, 6.45) is 7.66. The first kappa shape index (κ1) is 9.17. The molecule has 0 spiro atoms. The molecule has 0 amide bonds. The highest BCUT2D eigenvalue weighted by Crippen LogP contribution is 2.07. The van der Waals surface area contributed by atoms with Crippen LogP contribution < -0.4 is 0 Å². The van der Waals surface area contributed by atoms with Gasteiger partial charge in [0.25, 0.3) is 0 Å². The lowest BCUT2D eigenvalue weighted by molar-refractivity contribution is -0.120. The van der Waals surface area contributed by atoms with E-state index >= 15 is 0 Å². The molecule has 0 unspecified atom stereocenters. The molecule has 0 radical (unpaired) electrons. The fraction of sp³-hybridized carbons (Fsp3) is 0.600. The summed E-state index contributed by atoms with van der Waals surface area (Å²) >= 11 is 0. The van der Waals surface area contributed by atoms with Gasteiger partial charge in [-0.2, -0.15) is 0 Å². The number of carbonyl (C=O) groups is 2. The molecule has 2 heteroatoms. The topological polar surface area (TPSA) is 34.1 Å². The molecule has 0 atom stereocenters. The molecular formula is C10H14O2. The predicted molar refractivity (Wildman–Crippen MR) is 46.9 cm³/mol. The van der Waals surface area contributed by atoms with E-state index in [1.807, 2.05) is 12.2 Å². The predicted octanol–water partition coefficient (Wildman–Crippen LogP) is 2.04. The van der Waals surface area contributed by atoms with Crippen LogP contribution in [0.25, 0.3) is 0 Å². The van der Waals surface area contributed by atoms with E-state index < -0.39 is 0 Å². The van der Waals surface area contributed by atoms with Crippen LogP contribution in [0.5, 0.6) is 0 Å². The number of hydrogen-bond acceptors (Lipinski definition) is 2. The second-order valence-electron chi connectivity index (χ2n) is 3.16. The number of rotatable bonds is 0. The molecular weight excluding hydrogens is 152 g/mol. The lowest BCUT2D eigenvalue weighted by Crippen LogP contribution is -2.01. The lowest BCUT2D eigenvalue weighted by atomic mass is 10.0. The second kappa shape index (κ2) is 4.86. The van der Waals surface area contributed by atoms with Crippen molar-refractivity contribution in [1.82, 2.24) is 0 Å². The van der Waals surface area contributed by atoms with Gasteiger partial charge < -0.3 is 0 Å². The average molecular weight is 166 g/mol. The van der Waals surface area contributed by atoms with E-state index in [4.69, 9.17) is 0 Å². The highest BCUT2D eigenvalue weighted by molar-refractivity contribution is 5.82. The Bertz CT molecular complexity index is 182. The molecule has 0 heterocycles. The summed E-state index contributed by atoms with van der Waals surface area (Å²) in [5.74, 6) is 0.584. The van der Waals surface area contributed by atoms with E-state index in [0.29, 0.717) is 37.2 Å². The van der Waals surface area contributed by atoms with Gasteiger partial charge in [-0.1, -0.05) is 12.2 Å². The Labute approximate surface area is 72.7 Å². The second-order valence-corrected chi connectivity index (χ2v) is 3.16. The van der Waals surface area contributed by atoms with Gasteiger partial charge in [0.1, 0.15) is 11.6 Å². The molecule has 66 valence electrons. The van der Waals surface area contributed by atoms with Crippen molar-refractivity contribution in [1.29, 1.82) is 0 Å². The summed E-state index contributed by atoms with van der Waals surface area (Å²) in [4.78, 5) is 22.1. The van der Waals surface area contributed by atoms with Gasteiger partial charge in [0.15, 0.2) is 0 Å². The molecule has 0 saturated carbocycles. The van der Waals surface area contributed by atoms with Crippen LogP contribution in [0, 0.1) is 0 Å². The van der Waals surface area contributed by atoms with Gasteiger partial charge in [-0.25, -0.2) is 0 Å².